The third-order valence-electron chi connectivity index (χ3n) is 3.13. The Kier molecular flexibility index (Phi) is 3.31. The van der Waals surface area contributed by atoms with E-state index in [9.17, 15) is 0 Å². The maximum absolute atomic E-state index is 8.63. The molecule has 3 heteroatoms. The molecule has 1 fully saturated rings. The number of furan rings is 1. The molecular weight excluding hydrogens is 200 g/mol. The fourth-order valence-corrected chi connectivity index (χ4v) is 1.86. The summed E-state index contributed by atoms with van der Waals surface area (Å²) in [6.45, 7) is 5.59. The third-order valence-corrected chi connectivity index (χ3v) is 3.13. The largest absolute Gasteiger partial charge is 0.464 e. The Hall–Kier alpha value is -1.27. The molecule has 16 heavy (non-hydrogen) atoms. The monoisotopic (exact) mass is 218 g/mol. The van der Waals surface area contributed by atoms with Gasteiger partial charge in [0.25, 0.3) is 0 Å². The van der Waals surface area contributed by atoms with E-state index in [0.717, 1.165) is 17.4 Å². The van der Waals surface area contributed by atoms with Crippen molar-refractivity contribution in [3.05, 3.63) is 23.7 Å². The first-order valence-corrected chi connectivity index (χ1v) is 5.89. The Morgan fingerprint density at radius 1 is 1.62 bits per heavy atom. The third kappa shape index (κ3) is 2.65. The lowest BCUT2D eigenvalue weighted by atomic mass is 10.2. The minimum atomic E-state index is 0.0536. The number of nitriles is 1. The molecular formula is C13H18N2O. The van der Waals surface area contributed by atoms with Gasteiger partial charge in [-0.15, -0.1) is 0 Å². The van der Waals surface area contributed by atoms with Crippen molar-refractivity contribution < 1.29 is 4.42 Å². The van der Waals surface area contributed by atoms with Crippen LogP contribution in [0.25, 0.3) is 0 Å². The van der Waals surface area contributed by atoms with E-state index in [2.05, 4.69) is 24.4 Å². The van der Waals surface area contributed by atoms with E-state index < -0.39 is 0 Å². The highest BCUT2D eigenvalue weighted by Crippen LogP contribution is 2.47. The van der Waals surface area contributed by atoms with Crippen molar-refractivity contribution in [2.24, 2.45) is 11.8 Å². The molecule has 1 aliphatic rings. The Bertz CT molecular complexity index is 391. The van der Waals surface area contributed by atoms with Gasteiger partial charge in [-0.3, -0.25) is 0 Å². The average molecular weight is 218 g/mol. The Labute approximate surface area is 96.4 Å². The molecule has 0 saturated heterocycles. The first kappa shape index (κ1) is 11.2. The summed E-state index contributed by atoms with van der Waals surface area (Å²) in [6.07, 6.45) is 1.26. The summed E-state index contributed by atoms with van der Waals surface area (Å²) in [5.41, 5.74) is 0. The standard InChI is InChI=1S/C13H18N2O/c1-9(6-14)7-15-8-11-3-4-13(16-11)12-5-10(12)2/h3-4,9-10,12,15H,5,7-8H2,1-2H3. The van der Waals surface area contributed by atoms with E-state index in [1.807, 2.05) is 13.0 Å². The minimum absolute atomic E-state index is 0.0536. The molecule has 1 aromatic heterocycles. The van der Waals surface area contributed by atoms with Gasteiger partial charge in [0.2, 0.25) is 0 Å². The van der Waals surface area contributed by atoms with Crippen LogP contribution in [0.1, 0.15) is 37.7 Å². The quantitative estimate of drug-likeness (QED) is 0.826. The molecule has 3 atom stereocenters. The number of hydrogen-bond acceptors (Lipinski definition) is 3. The minimum Gasteiger partial charge on any atom is -0.464 e. The van der Waals surface area contributed by atoms with Crippen molar-refractivity contribution >= 4 is 0 Å². The molecule has 1 aromatic rings. The second kappa shape index (κ2) is 4.71. The van der Waals surface area contributed by atoms with Crippen LogP contribution >= 0.6 is 0 Å². The van der Waals surface area contributed by atoms with Crippen molar-refractivity contribution in [3.8, 4) is 6.07 Å². The van der Waals surface area contributed by atoms with Gasteiger partial charge >= 0.3 is 0 Å². The summed E-state index contributed by atoms with van der Waals surface area (Å²) in [5, 5.41) is 11.9. The molecule has 0 spiro atoms. The summed E-state index contributed by atoms with van der Waals surface area (Å²) in [7, 11) is 0. The molecule has 0 aliphatic heterocycles. The predicted octanol–water partition coefficient (Wildman–Crippen LogP) is 2.65. The zero-order chi connectivity index (χ0) is 11.5. The number of hydrogen-bond donors (Lipinski definition) is 1. The van der Waals surface area contributed by atoms with E-state index in [1.165, 1.54) is 6.42 Å². The fraction of sp³-hybridized carbons (Fsp3) is 0.615. The van der Waals surface area contributed by atoms with Gasteiger partial charge in [-0.1, -0.05) is 6.92 Å². The highest BCUT2D eigenvalue weighted by molar-refractivity contribution is 5.17. The van der Waals surface area contributed by atoms with Gasteiger partial charge < -0.3 is 9.73 Å². The van der Waals surface area contributed by atoms with E-state index >= 15 is 0 Å². The summed E-state index contributed by atoms with van der Waals surface area (Å²) >= 11 is 0. The molecule has 1 saturated carbocycles. The zero-order valence-corrected chi connectivity index (χ0v) is 9.86. The van der Waals surface area contributed by atoms with Gasteiger partial charge in [0, 0.05) is 12.5 Å². The molecule has 86 valence electrons. The Morgan fingerprint density at radius 3 is 3.00 bits per heavy atom. The lowest BCUT2D eigenvalue weighted by Crippen LogP contribution is -2.19. The Morgan fingerprint density at radius 2 is 2.38 bits per heavy atom. The van der Waals surface area contributed by atoms with Crippen molar-refractivity contribution in [2.75, 3.05) is 6.54 Å². The van der Waals surface area contributed by atoms with Gasteiger partial charge in [0.05, 0.1) is 18.5 Å². The molecule has 1 aliphatic carbocycles. The van der Waals surface area contributed by atoms with Crippen molar-refractivity contribution in [3.63, 3.8) is 0 Å². The van der Waals surface area contributed by atoms with E-state index in [1.54, 1.807) is 0 Å². The van der Waals surface area contributed by atoms with Crippen LogP contribution in [-0.4, -0.2) is 6.54 Å². The van der Waals surface area contributed by atoms with E-state index in [0.29, 0.717) is 19.0 Å². The van der Waals surface area contributed by atoms with E-state index in [-0.39, 0.29) is 5.92 Å². The van der Waals surface area contributed by atoms with Crippen LogP contribution in [0, 0.1) is 23.2 Å². The maximum atomic E-state index is 8.63. The summed E-state index contributed by atoms with van der Waals surface area (Å²) < 4.78 is 5.75. The number of rotatable bonds is 5. The van der Waals surface area contributed by atoms with Crippen molar-refractivity contribution in [2.45, 2.75) is 32.7 Å². The van der Waals surface area contributed by atoms with Crippen LogP contribution in [-0.2, 0) is 6.54 Å². The molecule has 0 radical (unpaired) electrons. The average Bonchev–Trinajstić information content (AvgIpc) is 2.82. The summed E-state index contributed by atoms with van der Waals surface area (Å²) in [6, 6.07) is 6.31. The predicted molar refractivity (Wildman–Crippen MR) is 61.7 cm³/mol. The molecule has 3 nitrogen and oxygen atoms in total. The van der Waals surface area contributed by atoms with Crippen molar-refractivity contribution in [1.29, 1.82) is 5.26 Å². The van der Waals surface area contributed by atoms with Crippen LogP contribution in [0.15, 0.2) is 16.5 Å². The highest BCUT2D eigenvalue weighted by Gasteiger charge is 2.36. The summed E-state index contributed by atoms with van der Waals surface area (Å²) in [4.78, 5) is 0. The molecule has 0 bridgehead atoms. The SMILES string of the molecule is CC(C#N)CNCc1ccc(C2CC2C)o1. The lowest BCUT2D eigenvalue weighted by Gasteiger charge is -2.03. The summed E-state index contributed by atoms with van der Waals surface area (Å²) in [5.74, 6) is 3.58. The first-order valence-electron chi connectivity index (χ1n) is 5.89. The molecule has 3 unspecified atom stereocenters. The number of nitrogens with one attached hydrogen (secondary N) is 1. The first-order chi connectivity index (χ1) is 7.70. The van der Waals surface area contributed by atoms with Crippen LogP contribution in [0.2, 0.25) is 0 Å². The lowest BCUT2D eigenvalue weighted by molar-refractivity contribution is 0.439. The van der Waals surface area contributed by atoms with Gasteiger partial charge in [0.15, 0.2) is 0 Å². The normalized spacial score (nSPS) is 25.1. The second-order valence-corrected chi connectivity index (χ2v) is 4.78. The topological polar surface area (TPSA) is 49.0 Å². The molecule has 0 amide bonds. The smallest absolute Gasteiger partial charge is 0.117 e. The van der Waals surface area contributed by atoms with E-state index in [4.69, 9.17) is 9.68 Å². The molecule has 2 rings (SSSR count). The van der Waals surface area contributed by atoms with Crippen LogP contribution in [0.5, 0.6) is 0 Å². The van der Waals surface area contributed by atoms with Crippen LogP contribution in [0.4, 0.5) is 0 Å². The molecule has 0 aromatic carbocycles. The fourth-order valence-electron chi connectivity index (χ4n) is 1.86. The Balaban J connectivity index is 1.78. The van der Waals surface area contributed by atoms with Gasteiger partial charge in [-0.05, 0) is 31.4 Å². The second-order valence-electron chi connectivity index (χ2n) is 4.78. The van der Waals surface area contributed by atoms with Crippen LogP contribution in [0.3, 0.4) is 0 Å². The van der Waals surface area contributed by atoms with Gasteiger partial charge in [-0.25, -0.2) is 0 Å². The van der Waals surface area contributed by atoms with Gasteiger partial charge in [-0.2, -0.15) is 5.26 Å². The zero-order valence-electron chi connectivity index (χ0n) is 9.86. The molecule has 1 heterocycles. The molecule has 1 N–H and O–H groups in total. The highest BCUT2D eigenvalue weighted by atomic mass is 16.3. The van der Waals surface area contributed by atoms with Gasteiger partial charge in [0.1, 0.15) is 11.5 Å². The van der Waals surface area contributed by atoms with Crippen LogP contribution < -0.4 is 5.32 Å². The number of nitrogens with zero attached hydrogens (tertiary/aromatic N) is 1. The van der Waals surface area contributed by atoms with Crippen molar-refractivity contribution in [1.82, 2.24) is 5.32 Å². The maximum Gasteiger partial charge on any atom is 0.117 e.